The molecular formula is C18H20ClN3O4. The van der Waals surface area contributed by atoms with Crippen LogP contribution in [-0.2, 0) is 19.1 Å². The van der Waals surface area contributed by atoms with Gasteiger partial charge in [0, 0.05) is 36.8 Å². The summed E-state index contributed by atoms with van der Waals surface area (Å²) in [4.78, 5) is 35.2. The second-order valence-corrected chi connectivity index (χ2v) is 6.63. The average Bonchev–Trinajstić information content (AvgIpc) is 2.59. The first-order valence-corrected chi connectivity index (χ1v) is 8.70. The van der Waals surface area contributed by atoms with Gasteiger partial charge in [0.05, 0.1) is 14.2 Å². The van der Waals surface area contributed by atoms with Crippen molar-refractivity contribution in [2.45, 2.75) is 19.3 Å². The van der Waals surface area contributed by atoms with Gasteiger partial charge in [-0.25, -0.2) is 9.97 Å². The lowest BCUT2D eigenvalue weighted by Gasteiger charge is -2.33. The molecule has 0 bridgehead atoms. The Kier molecular flexibility index (Phi) is 5.27. The third-order valence-electron chi connectivity index (χ3n) is 4.80. The summed E-state index contributed by atoms with van der Waals surface area (Å²) in [5.41, 5.74) is 0.717. The first-order valence-electron chi connectivity index (χ1n) is 8.32. The topological polar surface area (TPSA) is 81.6 Å². The fourth-order valence-electron chi connectivity index (χ4n) is 3.20. The van der Waals surface area contributed by atoms with Crippen LogP contribution in [0.2, 0.25) is 5.15 Å². The molecule has 138 valence electrons. The van der Waals surface area contributed by atoms with E-state index in [-0.39, 0.29) is 0 Å². The Morgan fingerprint density at radius 1 is 1.12 bits per heavy atom. The van der Waals surface area contributed by atoms with Crippen molar-refractivity contribution in [1.29, 1.82) is 0 Å². The fraction of sp³-hybridized carbons (Fsp3) is 0.444. The van der Waals surface area contributed by atoms with Crippen LogP contribution < -0.4 is 4.90 Å². The number of aromatic nitrogens is 2. The summed E-state index contributed by atoms with van der Waals surface area (Å²) in [5, 5.41) is 1.98. The lowest BCUT2D eigenvalue weighted by atomic mass is 9.86. The van der Waals surface area contributed by atoms with Crippen LogP contribution in [0.5, 0.6) is 0 Å². The van der Waals surface area contributed by atoms with Crippen LogP contribution in [0.25, 0.3) is 10.8 Å². The normalized spacial score (nSPS) is 14.9. The molecule has 1 fully saturated rings. The van der Waals surface area contributed by atoms with Crippen molar-refractivity contribution in [3.8, 4) is 0 Å². The van der Waals surface area contributed by atoms with Gasteiger partial charge in [0.1, 0.15) is 11.0 Å². The molecule has 7 nitrogen and oxygen atoms in total. The van der Waals surface area contributed by atoms with Gasteiger partial charge in [-0.05, 0) is 23.4 Å². The van der Waals surface area contributed by atoms with E-state index in [2.05, 4.69) is 14.9 Å². The molecule has 0 N–H and O–H groups in total. The summed E-state index contributed by atoms with van der Waals surface area (Å²) < 4.78 is 9.59. The molecule has 3 rings (SSSR count). The molecule has 1 atom stereocenters. The van der Waals surface area contributed by atoms with Gasteiger partial charge in [-0.15, -0.1) is 0 Å². The highest BCUT2D eigenvalue weighted by Gasteiger charge is 2.36. The third kappa shape index (κ3) is 3.19. The number of halogens is 1. The van der Waals surface area contributed by atoms with Gasteiger partial charge in [0.2, 0.25) is 0 Å². The molecule has 0 amide bonds. The molecule has 1 saturated heterocycles. The number of nitrogens with zero attached hydrogens (tertiary/aromatic N) is 3. The highest BCUT2D eigenvalue weighted by atomic mass is 35.5. The van der Waals surface area contributed by atoms with E-state index in [0.29, 0.717) is 5.15 Å². The van der Waals surface area contributed by atoms with E-state index in [4.69, 9.17) is 21.1 Å². The van der Waals surface area contributed by atoms with E-state index in [9.17, 15) is 9.59 Å². The molecule has 0 aliphatic carbocycles. The quantitative estimate of drug-likeness (QED) is 0.450. The number of carbonyl (C=O) groups is 2. The van der Waals surface area contributed by atoms with Crippen LogP contribution in [0, 0.1) is 5.92 Å². The van der Waals surface area contributed by atoms with E-state index < -0.39 is 23.8 Å². The summed E-state index contributed by atoms with van der Waals surface area (Å²) in [6, 6.07) is 1.74. The van der Waals surface area contributed by atoms with Gasteiger partial charge < -0.3 is 14.4 Å². The Labute approximate surface area is 156 Å². The number of carbonyl (C=O) groups excluding carboxylic acids is 2. The zero-order chi connectivity index (χ0) is 18.8. The number of esters is 2. The lowest BCUT2D eigenvalue weighted by Crippen LogP contribution is -2.38. The number of hydrogen-bond acceptors (Lipinski definition) is 7. The zero-order valence-corrected chi connectivity index (χ0v) is 15.6. The maximum absolute atomic E-state index is 12.2. The van der Waals surface area contributed by atoms with Gasteiger partial charge >= 0.3 is 11.9 Å². The molecule has 1 aliphatic rings. The molecule has 0 aromatic carbocycles. The minimum Gasteiger partial charge on any atom is -0.468 e. The molecule has 0 spiro atoms. The van der Waals surface area contributed by atoms with Gasteiger partial charge in [-0.3, -0.25) is 9.59 Å². The number of hydrogen-bond donors (Lipinski definition) is 0. The minimum absolute atomic E-state index is 0.333. The standard InChI is InChI=1S/C18H20ClN3O4/c1-10(15(17(23)25-2)18(24)26-3)12-8-21-16(22-5-4-6-22)13-9-20-14(19)7-11(12)13/h7-10,15H,4-6H2,1-3H3. The van der Waals surface area contributed by atoms with Crippen LogP contribution in [0.15, 0.2) is 18.5 Å². The van der Waals surface area contributed by atoms with Crippen LogP contribution in [0.3, 0.4) is 0 Å². The van der Waals surface area contributed by atoms with Crippen LogP contribution in [-0.4, -0.2) is 49.2 Å². The van der Waals surface area contributed by atoms with Crippen LogP contribution in [0.1, 0.15) is 24.8 Å². The van der Waals surface area contributed by atoms with Crippen molar-refractivity contribution < 1.29 is 19.1 Å². The number of anilines is 1. The summed E-state index contributed by atoms with van der Waals surface area (Å²) in [6.45, 7) is 3.64. The Morgan fingerprint density at radius 3 is 2.31 bits per heavy atom. The molecule has 1 unspecified atom stereocenters. The Balaban J connectivity index is 2.12. The van der Waals surface area contributed by atoms with Crippen molar-refractivity contribution in [2.24, 2.45) is 5.92 Å². The van der Waals surface area contributed by atoms with Crippen molar-refractivity contribution in [2.75, 3.05) is 32.2 Å². The smallest absolute Gasteiger partial charge is 0.320 e. The molecule has 3 heterocycles. The second kappa shape index (κ2) is 7.45. The molecule has 26 heavy (non-hydrogen) atoms. The van der Waals surface area contributed by atoms with Crippen molar-refractivity contribution in [1.82, 2.24) is 9.97 Å². The zero-order valence-electron chi connectivity index (χ0n) is 14.9. The van der Waals surface area contributed by atoms with E-state index in [0.717, 1.165) is 41.7 Å². The van der Waals surface area contributed by atoms with Gasteiger partial charge in [0.15, 0.2) is 5.92 Å². The predicted molar refractivity (Wildman–Crippen MR) is 97.3 cm³/mol. The summed E-state index contributed by atoms with van der Waals surface area (Å²) in [7, 11) is 2.49. The molecule has 2 aromatic heterocycles. The summed E-state index contributed by atoms with van der Waals surface area (Å²) in [6.07, 6.45) is 4.49. The molecule has 0 radical (unpaired) electrons. The molecular weight excluding hydrogens is 358 g/mol. The number of ether oxygens (including phenoxy) is 2. The van der Waals surface area contributed by atoms with Gasteiger partial charge in [-0.1, -0.05) is 18.5 Å². The van der Waals surface area contributed by atoms with Crippen molar-refractivity contribution in [3.05, 3.63) is 29.2 Å². The molecule has 2 aromatic rings. The number of methoxy groups -OCH3 is 2. The average molecular weight is 378 g/mol. The van der Waals surface area contributed by atoms with E-state index >= 15 is 0 Å². The summed E-state index contributed by atoms with van der Waals surface area (Å²) in [5.74, 6) is -2.06. The minimum atomic E-state index is -1.09. The highest BCUT2D eigenvalue weighted by molar-refractivity contribution is 6.30. The second-order valence-electron chi connectivity index (χ2n) is 6.24. The van der Waals surface area contributed by atoms with Crippen molar-refractivity contribution >= 4 is 40.1 Å². The van der Waals surface area contributed by atoms with E-state index in [1.165, 1.54) is 14.2 Å². The Hall–Kier alpha value is -2.41. The Bertz CT molecular complexity index is 838. The van der Waals surface area contributed by atoms with Gasteiger partial charge in [0.25, 0.3) is 0 Å². The number of rotatable bonds is 5. The molecule has 1 aliphatic heterocycles. The largest absolute Gasteiger partial charge is 0.468 e. The van der Waals surface area contributed by atoms with Crippen molar-refractivity contribution in [3.63, 3.8) is 0 Å². The molecule has 0 saturated carbocycles. The maximum atomic E-state index is 12.2. The SMILES string of the molecule is COC(=O)C(C(=O)OC)C(C)c1cnc(N2CCC2)c2cnc(Cl)cc12. The van der Waals surface area contributed by atoms with E-state index in [1.54, 1.807) is 25.4 Å². The van der Waals surface area contributed by atoms with Gasteiger partial charge in [-0.2, -0.15) is 0 Å². The first-order chi connectivity index (χ1) is 12.5. The van der Waals surface area contributed by atoms with Crippen LogP contribution >= 0.6 is 11.6 Å². The predicted octanol–water partition coefficient (Wildman–Crippen LogP) is 2.56. The highest BCUT2D eigenvalue weighted by Crippen LogP contribution is 2.36. The summed E-state index contributed by atoms with van der Waals surface area (Å²) >= 11 is 6.11. The number of fused-ring (bicyclic) bond motifs is 1. The number of pyridine rings is 2. The maximum Gasteiger partial charge on any atom is 0.320 e. The fourth-order valence-corrected chi connectivity index (χ4v) is 3.36. The van der Waals surface area contributed by atoms with Crippen LogP contribution in [0.4, 0.5) is 5.82 Å². The lowest BCUT2D eigenvalue weighted by molar-refractivity contribution is -0.159. The molecule has 8 heteroatoms. The third-order valence-corrected chi connectivity index (χ3v) is 5.01. The van der Waals surface area contributed by atoms with E-state index in [1.807, 2.05) is 0 Å². The first kappa shape index (κ1) is 18.4. The Morgan fingerprint density at radius 2 is 1.77 bits per heavy atom. The monoisotopic (exact) mass is 377 g/mol.